The number of benzene rings is 4. The molecule has 1 aromatic heterocycles. The van der Waals surface area contributed by atoms with Gasteiger partial charge in [0.25, 0.3) is 0 Å². The molecule has 0 saturated heterocycles. The molecule has 0 saturated carbocycles. The number of hydrogen-bond acceptors (Lipinski definition) is 6. The van der Waals surface area contributed by atoms with Crippen molar-refractivity contribution in [3.63, 3.8) is 0 Å². The molecule has 5 rings (SSSR count). The molecule has 0 aliphatic heterocycles. The van der Waals surface area contributed by atoms with Gasteiger partial charge in [-0.25, -0.2) is 4.98 Å². The van der Waals surface area contributed by atoms with Crippen molar-refractivity contribution in [1.29, 1.82) is 0 Å². The summed E-state index contributed by atoms with van der Waals surface area (Å²) in [6.45, 7) is 2.21. The Labute approximate surface area is 178 Å². The molecule has 0 bridgehead atoms. The summed E-state index contributed by atoms with van der Waals surface area (Å²) in [6.07, 6.45) is 0. The van der Waals surface area contributed by atoms with E-state index in [1.165, 1.54) is 17.5 Å². The van der Waals surface area contributed by atoms with Crippen LogP contribution in [0, 0.1) is 0 Å². The first-order valence-electron chi connectivity index (χ1n) is 9.95. The minimum Gasteiger partial charge on any atom is -0.507 e. The minimum absolute atomic E-state index is 0.121. The fourth-order valence-corrected chi connectivity index (χ4v) is 3.63. The Morgan fingerprint density at radius 3 is 2.03 bits per heavy atom. The number of aromatic hydroxyl groups is 2. The molecule has 0 aliphatic carbocycles. The second-order valence-corrected chi connectivity index (χ2v) is 7.13. The Hall–Kier alpha value is -4.19. The molecule has 6 nitrogen and oxygen atoms in total. The fourth-order valence-electron chi connectivity index (χ4n) is 3.63. The van der Waals surface area contributed by atoms with Crippen LogP contribution in [0.1, 0.15) is 6.92 Å². The summed E-state index contributed by atoms with van der Waals surface area (Å²) < 4.78 is 5.53. The average Bonchev–Trinajstić information content (AvgIpc) is 2.77. The van der Waals surface area contributed by atoms with Crippen molar-refractivity contribution in [2.24, 2.45) is 0 Å². The quantitative estimate of drug-likeness (QED) is 0.391. The molecule has 2 N–H and O–H groups in total. The molecule has 5 aromatic rings. The van der Waals surface area contributed by atoms with E-state index in [1.54, 1.807) is 6.07 Å². The predicted molar refractivity (Wildman–Crippen MR) is 120 cm³/mol. The Kier molecular flexibility index (Phi) is 4.59. The smallest absolute Gasteiger partial charge is 0.320 e. The van der Waals surface area contributed by atoms with Crippen molar-refractivity contribution in [3.8, 4) is 40.3 Å². The third kappa shape index (κ3) is 3.48. The van der Waals surface area contributed by atoms with Crippen molar-refractivity contribution < 1.29 is 14.9 Å². The summed E-state index contributed by atoms with van der Waals surface area (Å²) in [5.74, 6) is 0.294. The van der Waals surface area contributed by atoms with Gasteiger partial charge in [0.1, 0.15) is 17.1 Å². The molecule has 0 unspecified atom stereocenters. The monoisotopic (exact) mass is 409 g/mol. The number of phenols is 2. The van der Waals surface area contributed by atoms with Crippen molar-refractivity contribution in [2.75, 3.05) is 6.61 Å². The first-order valence-corrected chi connectivity index (χ1v) is 9.95. The van der Waals surface area contributed by atoms with Gasteiger partial charge in [-0.05, 0) is 58.8 Å². The normalized spacial score (nSPS) is 11.1. The van der Waals surface area contributed by atoms with Crippen LogP contribution in [0.2, 0.25) is 0 Å². The lowest BCUT2D eigenvalue weighted by molar-refractivity contribution is 0.312. The Balaban J connectivity index is 1.69. The van der Waals surface area contributed by atoms with Crippen LogP contribution in [0.25, 0.3) is 44.3 Å². The molecule has 1 heterocycles. The lowest BCUT2D eigenvalue weighted by atomic mass is 10.0. The standard InChI is InChI=1S/C25H19N3O3/c1-2-31-25-27-23(26-24(28-25)22-20(29)8-5-9-21(22)30)18-11-10-17-12-15-6-3-4-7-16(15)13-19(17)14-18/h3-14,29-30H,2H2,1H3. The maximum absolute atomic E-state index is 10.3. The van der Waals surface area contributed by atoms with Crippen LogP contribution in [-0.2, 0) is 0 Å². The van der Waals surface area contributed by atoms with E-state index < -0.39 is 0 Å². The van der Waals surface area contributed by atoms with Crippen molar-refractivity contribution in [3.05, 3.63) is 72.8 Å². The second kappa shape index (κ2) is 7.57. The largest absolute Gasteiger partial charge is 0.507 e. The van der Waals surface area contributed by atoms with Crippen LogP contribution < -0.4 is 4.74 Å². The topological polar surface area (TPSA) is 88.4 Å². The van der Waals surface area contributed by atoms with Gasteiger partial charge in [0, 0.05) is 5.56 Å². The highest BCUT2D eigenvalue weighted by atomic mass is 16.5. The molecule has 0 amide bonds. The number of ether oxygens (including phenoxy) is 1. The number of fused-ring (bicyclic) bond motifs is 2. The Morgan fingerprint density at radius 2 is 1.32 bits per heavy atom. The maximum atomic E-state index is 10.3. The second-order valence-electron chi connectivity index (χ2n) is 7.13. The molecule has 0 spiro atoms. The minimum atomic E-state index is -0.121. The summed E-state index contributed by atoms with van der Waals surface area (Å²) in [5, 5.41) is 25.0. The number of nitrogens with zero attached hydrogens (tertiary/aromatic N) is 3. The van der Waals surface area contributed by atoms with E-state index in [1.807, 2.05) is 37.3 Å². The highest BCUT2D eigenvalue weighted by Crippen LogP contribution is 2.36. The van der Waals surface area contributed by atoms with Crippen LogP contribution >= 0.6 is 0 Å². The highest BCUT2D eigenvalue weighted by Gasteiger charge is 2.17. The Morgan fingerprint density at radius 1 is 0.677 bits per heavy atom. The zero-order chi connectivity index (χ0) is 21.4. The van der Waals surface area contributed by atoms with Crippen molar-refractivity contribution in [1.82, 2.24) is 15.0 Å². The summed E-state index contributed by atoms with van der Waals surface area (Å²) in [5.41, 5.74) is 0.918. The number of aromatic nitrogens is 3. The summed E-state index contributed by atoms with van der Waals surface area (Å²) in [4.78, 5) is 13.2. The molecule has 0 aliphatic rings. The number of phenolic OH excluding ortho intramolecular Hbond substituents is 2. The number of rotatable bonds is 4. The van der Waals surface area contributed by atoms with Crippen molar-refractivity contribution >= 4 is 21.5 Å². The summed E-state index contributed by atoms with van der Waals surface area (Å²) in [6, 6.07) is 23.1. The van der Waals surface area contributed by atoms with Crippen molar-refractivity contribution in [2.45, 2.75) is 6.92 Å². The molecular weight excluding hydrogens is 390 g/mol. The number of hydrogen-bond donors (Lipinski definition) is 2. The zero-order valence-electron chi connectivity index (χ0n) is 16.8. The van der Waals surface area contributed by atoms with Crippen LogP contribution in [-0.4, -0.2) is 31.8 Å². The zero-order valence-corrected chi connectivity index (χ0v) is 16.8. The van der Waals surface area contributed by atoms with E-state index in [0.29, 0.717) is 12.4 Å². The molecule has 0 atom stereocenters. The van der Waals surface area contributed by atoms with Gasteiger partial charge in [-0.3, -0.25) is 0 Å². The fraction of sp³-hybridized carbons (Fsp3) is 0.0800. The first kappa shape index (κ1) is 18.8. The van der Waals surface area contributed by atoms with E-state index in [0.717, 1.165) is 21.7 Å². The van der Waals surface area contributed by atoms with E-state index >= 15 is 0 Å². The molecule has 31 heavy (non-hydrogen) atoms. The highest BCUT2D eigenvalue weighted by molar-refractivity contribution is 5.99. The third-order valence-corrected chi connectivity index (χ3v) is 5.10. The molecule has 4 aromatic carbocycles. The van der Waals surface area contributed by atoms with Crippen LogP contribution in [0.5, 0.6) is 17.5 Å². The van der Waals surface area contributed by atoms with Crippen LogP contribution in [0.3, 0.4) is 0 Å². The van der Waals surface area contributed by atoms with Gasteiger partial charge in [-0.15, -0.1) is 0 Å². The van der Waals surface area contributed by atoms with Gasteiger partial charge in [0.05, 0.1) is 6.61 Å². The summed E-state index contributed by atoms with van der Waals surface area (Å²) in [7, 11) is 0. The van der Waals surface area contributed by atoms with Gasteiger partial charge >= 0.3 is 6.01 Å². The molecule has 0 fully saturated rings. The van der Waals surface area contributed by atoms with E-state index in [4.69, 9.17) is 4.74 Å². The maximum Gasteiger partial charge on any atom is 0.320 e. The lowest BCUT2D eigenvalue weighted by Crippen LogP contribution is -2.03. The SMILES string of the molecule is CCOc1nc(-c2ccc3cc4ccccc4cc3c2)nc(-c2c(O)cccc2O)n1. The van der Waals surface area contributed by atoms with Gasteiger partial charge in [-0.1, -0.05) is 42.5 Å². The van der Waals surface area contributed by atoms with Crippen LogP contribution in [0.15, 0.2) is 72.8 Å². The molecule has 152 valence electrons. The average molecular weight is 409 g/mol. The van der Waals surface area contributed by atoms with Gasteiger partial charge in [-0.2, -0.15) is 9.97 Å². The van der Waals surface area contributed by atoms with E-state index in [9.17, 15) is 10.2 Å². The third-order valence-electron chi connectivity index (χ3n) is 5.10. The summed E-state index contributed by atoms with van der Waals surface area (Å²) >= 11 is 0. The van der Waals surface area contributed by atoms with Gasteiger partial charge in [0.15, 0.2) is 11.6 Å². The Bertz CT molecular complexity index is 1410. The van der Waals surface area contributed by atoms with E-state index in [-0.39, 0.29) is 28.9 Å². The van der Waals surface area contributed by atoms with Gasteiger partial charge in [0.2, 0.25) is 0 Å². The van der Waals surface area contributed by atoms with E-state index in [2.05, 4.69) is 39.2 Å². The predicted octanol–water partition coefficient (Wildman–Crippen LogP) is 5.32. The van der Waals surface area contributed by atoms with Crippen LogP contribution in [0.4, 0.5) is 0 Å². The van der Waals surface area contributed by atoms with Gasteiger partial charge < -0.3 is 14.9 Å². The molecule has 6 heteroatoms. The molecule has 0 radical (unpaired) electrons. The molecular formula is C25H19N3O3. The first-order chi connectivity index (χ1) is 15.1. The lowest BCUT2D eigenvalue weighted by Gasteiger charge is -2.10.